The smallest absolute Gasteiger partial charge is 0.393 e. The van der Waals surface area contributed by atoms with Crippen LogP contribution in [-0.4, -0.2) is 59.1 Å². The van der Waals surface area contributed by atoms with E-state index in [4.69, 9.17) is 0 Å². The zero-order chi connectivity index (χ0) is 19.5. The number of rotatable bonds is 6. The number of halogens is 3. The molecular weight excluding hydrogens is 349 g/mol. The van der Waals surface area contributed by atoms with Gasteiger partial charge in [-0.25, -0.2) is 0 Å². The van der Waals surface area contributed by atoms with Crippen LogP contribution in [0.25, 0.3) is 0 Å². The van der Waals surface area contributed by atoms with Crippen molar-refractivity contribution in [1.29, 1.82) is 0 Å². The van der Waals surface area contributed by atoms with Gasteiger partial charge in [0.25, 0.3) is 0 Å². The van der Waals surface area contributed by atoms with E-state index in [2.05, 4.69) is 0 Å². The molecule has 1 aliphatic heterocycles. The van der Waals surface area contributed by atoms with E-state index in [1.807, 2.05) is 0 Å². The molecule has 0 bridgehead atoms. The number of nitrogens with zero attached hydrogens (tertiary/aromatic N) is 2. The fourth-order valence-corrected chi connectivity index (χ4v) is 3.48. The van der Waals surface area contributed by atoms with Gasteiger partial charge in [-0.2, -0.15) is 13.2 Å². The number of hydrogen-bond donors (Lipinski definition) is 1. The number of carboxylic acid groups (broad SMARTS) is 1. The van der Waals surface area contributed by atoms with Gasteiger partial charge in [0.2, 0.25) is 5.91 Å². The Morgan fingerprint density at radius 3 is 2.19 bits per heavy atom. The van der Waals surface area contributed by atoms with Gasteiger partial charge in [0.05, 0.1) is 11.8 Å². The second-order valence-electron chi connectivity index (χ2n) is 6.37. The van der Waals surface area contributed by atoms with Crippen LogP contribution in [-0.2, 0) is 9.59 Å². The number of carbonyl (C=O) groups is 2. The Balaban J connectivity index is 2.40. The fourth-order valence-electron chi connectivity index (χ4n) is 3.48. The third-order valence-electron chi connectivity index (χ3n) is 4.88. The Bertz CT molecular complexity index is 632. The normalized spacial score (nSPS) is 22.2. The van der Waals surface area contributed by atoms with E-state index in [-0.39, 0.29) is 12.5 Å². The Kier molecular flexibility index (Phi) is 6.28. The minimum absolute atomic E-state index is 0.312. The zero-order valence-corrected chi connectivity index (χ0v) is 14.7. The van der Waals surface area contributed by atoms with Crippen molar-refractivity contribution in [2.24, 2.45) is 11.8 Å². The molecule has 0 spiro atoms. The van der Waals surface area contributed by atoms with E-state index in [1.54, 1.807) is 49.1 Å². The molecule has 1 unspecified atom stereocenters. The molecule has 26 heavy (non-hydrogen) atoms. The quantitative estimate of drug-likeness (QED) is 0.834. The predicted octanol–water partition coefficient (Wildman–Crippen LogP) is 2.79. The number of likely N-dealkylation sites (tertiary alicyclic amines) is 1. The molecule has 0 radical (unpaired) electrons. The first-order valence-corrected chi connectivity index (χ1v) is 8.57. The second-order valence-corrected chi connectivity index (χ2v) is 6.37. The Labute approximate surface area is 150 Å². The van der Waals surface area contributed by atoms with Gasteiger partial charge in [0.15, 0.2) is 0 Å². The summed E-state index contributed by atoms with van der Waals surface area (Å²) in [6.07, 6.45) is -4.63. The highest BCUT2D eigenvalue weighted by molar-refractivity contribution is 5.83. The summed E-state index contributed by atoms with van der Waals surface area (Å²) >= 11 is 0. The van der Waals surface area contributed by atoms with Crippen LogP contribution in [0.15, 0.2) is 30.3 Å². The van der Waals surface area contributed by atoms with Gasteiger partial charge < -0.3 is 10.0 Å². The molecule has 1 aromatic carbocycles. The SMILES string of the molecule is CCN(CC)C(=O)C(c1ccccc1)N1C[C@@H](C(F)(F)F)[C@H](C(=O)O)C1. The number of benzene rings is 1. The summed E-state index contributed by atoms with van der Waals surface area (Å²) in [4.78, 5) is 27.2. The van der Waals surface area contributed by atoms with E-state index >= 15 is 0 Å². The van der Waals surface area contributed by atoms with Crippen molar-refractivity contribution in [3.8, 4) is 0 Å². The topological polar surface area (TPSA) is 60.9 Å². The van der Waals surface area contributed by atoms with Crippen LogP contribution in [0, 0.1) is 11.8 Å². The minimum atomic E-state index is -4.63. The van der Waals surface area contributed by atoms with Crippen molar-refractivity contribution in [2.75, 3.05) is 26.2 Å². The molecular formula is C18H23F3N2O3. The lowest BCUT2D eigenvalue weighted by Gasteiger charge is -2.32. The summed E-state index contributed by atoms with van der Waals surface area (Å²) in [5, 5.41) is 9.24. The summed E-state index contributed by atoms with van der Waals surface area (Å²) in [6.45, 7) is 3.63. The molecule has 0 saturated carbocycles. The molecule has 1 saturated heterocycles. The summed E-state index contributed by atoms with van der Waals surface area (Å²) in [6, 6.07) is 7.62. The van der Waals surface area contributed by atoms with Crippen molar-refractivity contribution in [2.45, 2.75) is 26.1 Å². The van der Waals surface area contributed by atoms with Gasteiger partial charge in [-0.15, -0.1) is 0 Å². The summed E-state index contributed by atoms with van der Waals surface area (Å²) in [5.74, 6) is -5.37. The van der Waals surface area contributed by atoms with Gasteiger partial charge >= 0.3 is 12.1 Å². The molecule has 1 fully saturated rings. The maximum atomic E-state index is 13.3. The lowest BCUT2D eigenvalue weighted by atomic mass is 9.96. The highest BCUT2D eigenvalue weighted by Crippen LogP contribution is 2.41. The van der Waals surface area contributed by atoms with Crippen molar-refractivity contribution in [3.63, 3.8) is 0 Å². The van der Waals surface area contributed by atoms with Crippen LogP contribution < -0.4 is 0 Å². The second kappa shape index (κ2) is 8.07. The van der Waals surface area contributed by atoms with Crippen molar-refractivity contribution >= 4 is 11.9 Å². The molecule has 5 nitrogen and oxygen atoms in total. The van der Waals surface area contributed by atoms with Crippen LogP contribution in [0.2, 0.25) is 0 Å². The van der Waals surface area contributed by atoms with Gasteiger partial charge in [-0.05, 0) is 19.4 Å². The molecule has 1 amide bonds. The van der Waals surface area contributed by atoms with E-state index in [0.717, 1.165) is 0 Å². The summed E-state index contributed by atoms with van der Waals surface area (Å²) < 4.78 is 40.0. The van der Waals surface area contributed by atoms with Gasteiger partial charge in [0.1, 0.15) is 6.04 Å². The Morgan fingerprint density at radius 2 is 1.77 bits per heavy atom. The first-order valence-electron chi connectivity index (χ1n) is 8.57. The number of hydrogen-bond acceptors (Lipinski definition) is 3. The number of alkyl halides is 3. The molecule has 0 aromatic heterocycles. The largest absolute Gasteiger partial charge is 0.481 e. The van der Waals surface area contributed by atoms with Gasteiger partial charge in [-0.3, -0.25) is 14.5 Å². The Hall–Kier alpha value is -2.09. The lowest BCUT2D eigenvalue weighted by molar-refractivity contribution is -0.188. The Morgan fingerprint density at radius 1 is 1.19 bits per heavy atom. The molecule has 1 heterocycles. The molecule has 1 aliphatic rings. The highest BCUT2D eigenvalue weighted by atomic mass is 19.4. The number of carbonyl (C=O) groups excluding carboxylic acids is 1. The lowest BCUT2D eigenvalue weighted by Crippen LogP contribution is -2.42. The monoisotopic (exact) mass is 372 g/mol. The number of amides is 1. The van der Waals surface area contributed by atoms with E-state index < -0.39 is 36.6 Å². The molecule has 3 atom stereocenters. The predicted molar refractivity (Wildman–Crippen MR) is 89.4 cm³/mol. The zero-order valence-electron chi connectivity index (χ0n) is 14.7. The maximum absolute atomic E-state index is 13.3. The number of aliphatic carboxylic acids is 1. The van der Waals surface area contributed by atoms with Crippen LogP contribution >= 0.6 is 0 Å². The van der Waals surface area contributed by atoms with Crippen molar-refractivity contribution in [1.82, 2.24) is 9.80 Å². The molecule has 0 aliphatic carbocycles. The first-order chi connectivity index (χ1) is 12.2. The van der Waals surface area contributed by atoms with Crippen LogP contribution in [0.1, 0.15) is 25.5 Å². The standard InChI is InChI=1S/C18H23F3N2O3/c1-3-22(4-2)16(24)15(12-8-6-5-7-9-12)23-10-13(17(25)26)14(11-23)18(19,20)21/h5-9,13-15H,3-4,10-11H2,1-2H3,(H,25,26)/t13-,14-,15?/m1/s1. The summed E-state index contributed by atoms with van der Waals surface area (Å²) in [7, 11) is 0. The number of carboxylic acids is 1. The van der Waals surface area contributed by atoms with Gasteiger partial charge in [0, 0.05) is 26.2 Å². The average Bonchev–Trinajstić information content (AvgIpc) is 3.03. The van der Waals surface area contributed by atoms with Crippen LogP contribution in [0.3, 0.4) is 0 Å². The molecule has 8 heteroatoms. The minimum Gasteiger partial charge on any atom is -0.481 e. The first kappa shape index (κ1) is 20.2. The van der Waals surface area contributed by atoms with Crippen LogP contribution in [0.5, 0.6) is 0 Å². The van der Waals surface area contributed by atoms with Crippen molar-refractivity contribution < 1.29 is 27.9 Å². The van der Waals surface area contributed by atoms with E-state index in [9.17, 15) is 27.9 Å². The molecule has 144 valence electrons. The van der Waals surface area contributed by atoms with Crippen molar-refractivity contribution in [3.05, 3.63) is 35.9 Å². The van der Waals surface area contributed by atoms with E-state index in [1.165, 1.54) is 4.90 Å². The van der Waals surface area contributed by atoms with Crippen LogP contribution in [0.4, 0.5) is 13.2 Å². The molecule has 1 N–H and O–H groups in total. The third-order valence-corrected chi connectivity index (χ3v) is 4.88. The summed E-state index contributed by atoms with van der Waals surface area (Å²) in [5.41, 5.74) is 0.566. The molecule has 2 rings (SSSR count). The van der Waals surface area contributed by atoms with E-state index in [0.29, 0.717) is 18.7 Å². The maximum Gasteiger partial charge on any atom is 0.393 e. The number of likely N-dealkylation sites (N-methyl/N-ethyl adjacent to an activating group) is 1. The third kappa shape index (κ3) is 4.17. The highest BCUT2D eigenvalue weighted by Gasteiger charge is 2.54. The average molecular weight is 372 g/mol. The van der Waals surface area contributed by atoms with Gasteiger partial charge in [-0.1, -0.05) is 30.3 Å². The molecule has 1 aromatic rings. The fraction of sp³-hybridized carbons (Fsp3) is 0.556.